The van der Waals surface area contributed by atoms with Gasteiger partial charge < -0.3 is 15.2 Å². The highest BCUT2D eigenvalue weighted by Gasteiger charge is 2.37. The number of benzene rings is 1. The van der Waals surface area contributed by atoms with Crippen molar-refractivity contribution in [3.63, 3.8) is 0 Å². The molecule has 0 aliphatic heterocycles. The average Bonchev–Trinajstić information content (AvgIpc) is 3.72. The molecule has 1 amide bonds. The van der Waals surface area contributed by atoms with Gasteiger partial charge in [0.15, 0.2) is 0 Å². The van der Waals surface area contributed by atoms with Crippen LogP contribution in [0, 0.1) is 18.8 Å². The summed E-state index contributed by atoms with van der Waals surface area (Å²) in [7, 11) is 1.65. The number of nitrogens with zero attached hydrogens (tertiary/aromatic N) is 2. The summed E-state index contributed by atoms with van der Waals surface area (Å²) < 4.78 is 10.1. The van der Waals surface area contributed by atoms with Gasteiger partial charge in [-0.2, -0.15) is 4.37 Å². The molecular formula is C33H41N3O3S. The first-order valence-corrected chi connectivity index (χ1v) is 15.8. The number of aryl methyl sites for hydroxylation is 1. The lowest BCUT2D eigenvalue weighted by Crippen LogP contribution is -2.41. The number of amides is 1. The Morgan fingerprint density at radius 2 is 1.85 bits per heavy atom. The molecule has 3 aliphatic rings. The molecule has 1 aromatic carbocycles. The van der Waals surface area contributed by atoms with Crippen LogP contribution in [0.1, 0.15) is 105 Å². The summed E-state index contributed by atoms with van der Waals surface area (Å²) in [5.41, 5.74) is 5.27. The monoisotopic (exact) mass is 559 g/mol. The molecule has 0 saturated heterocycles. The molecular weight excluding hydrogens is 518 g/mol. The van der Waals surface area contributed by atoms with Crippen molar-refractivity contribution in [1.29, 1.82) is 0 Å². The smallest absolute Gasteiger partial charge is 0.223 e. The molecule has 0 radical (unpaired) electrons. The van der Waals surface area contributed by atoms with E-state index in [9.17, 15) is 9.90 Å². The molecule has 212 valence electrons. The molecule has 3 fully saturated rings. The van der Waals surface area contributed by atoms with E-state index in [0.717, 1.165) is 66.8 Å². The predicted octanol–water partition coefficient (Wildman–Crippen LogP) is 7.08. The predicted molar refractivity (Wildman–Crippen MR) is 159 cm³/mol. The van der Waals surface area contributed by atoms with Crippen LogP contribution in [0.15, 0.2) is 42.5 Å². The third kappa shape index (κ3) is 5.96. The first kappa shape index (κ1) is 27.4. The summed E-state index contributed by atoms with van der Waals surface area (Å²) >= 11 is 1.57. The average molecular weight is 560 g/mol. The summed E-state index contributed by atoms with van der Waals surface area (Å²) in [4.78, 5) is 19.5. The van der Waals surface area contributed by atoms with Crippen LogP contribution in [0.3, 0.4) is 0 Å². The Morgan fingerprint density at radius 1 is 1.02 bits per heavy atom. The van der Waals surface area contributed by atoms with Gasteiger partial charge in [-0.15, -0.1) is 0 Å². The molecule has 2 N–H and O–H groups in total. The number of hydrogen-bond donors (Lipinski definition) is 2. The van der Waals surface area contributed by atoms with Gasteiger partial charge in [-0.3, -0.25) is 9.78 Å². The molecule has 2 aromatic heterocycles. The number of pyridine rings is 1. The number of nitrogens with one attached hydrogen (secondary N) is 1. The molecule has 4 atom stereocenters. The van der Waals surface area contributed by atoms with E-state index in [-0.39, 0.29) is 29.7 Å². The zero-order valence-electron chi connectivity index (χ0n) is 23.6. The van der Waals surface area contributed by atoms with E-state index in [1.54, 1.807) is 18.6 Å². The molecule has 6 nitrogen and oxygen atoms in total. The minimum Gasteiger partial charge on any atom is -0.495 e. The van der Waals surface area contributed by atoms with E-state index in [2.05, 4.69) is 35.6 Å². The molecule has 0 spiro atoms. The third-order valence-corrected chi connectivity index (χ3v) is 10.2. The van der Waals surface area contributed by atoms with E-state index in [4.69, 9.17) is 14.1 Å². The summed E-state index contributed by atoms with van der Waals surface area (Å²) in [5.74, 6) is 1.80. The van der Waals surface area contributed by atoms with E-state index >= 15 is 0 Å². The van der Waals surface area contributed by atoms with Gasteiger partial charge in [0, 0.05) is 23.4 Å². The Labute approximate surface area is 241 Å². The van der Waals surface area contributed by atoms with Gasteiger partial charge in [0.25, 0.3) is 0 Å². The SMILES string of the molecule is COc1ccc(C2CCC(C(NC(=O)C3CCCCC3)c3cccc(-c4cc(C5CC5)ns4)c3)CC2O)nc1C. The van der Waals surface area contributed by atoms with Crippen LogP contribution in [0.4, 0.5) is 0 Å². The highest BCUT2D eigenvalue weighted by molar-refractivity contribution is 7.09. The molecule has 3 aromatic rings. The third-order valence-electron chi connectivity index (χ3n) is 9.32. The molecule has 7 heteroatoms. The lowest BCUT2D eigenvalue weighted by atomic mass is 9.73. The first-order valence-electron chi connectivity index (χ1n) is 15.1. The van der Waals surface area contributed by atoms with Gasteiger partial charge >= 0.3 is 0 Å². The zero-order chi connectivity index (χ0) is 27.6. The lowest BCUT2D eigenvalue weighted by molar-refractivity contribution is -0.127. The molecule has 6 rings (SSSR count). The summed E-state index contributed by atoms with van der Waals surface area (Å²) in [6.45, 7) is 1.95. The lowest BCUT2D eigenvalue weighted by Gasteiger charge is -2.38. The van der Waals surface area contributed by atoms with E-state index < -0.39 is 6.10 Å². The van der Waals surface area contributed by atoms with Crippen molar-refractivity contribution in [2.75, 3.05) is 7.11 Å². The Morgan fingerprint density at radius 3 is 2.58 bits per heavy atom. The maximum Gasteiger partial charge on any atom is 0.223 e. The standard InChI is InChI=1S/C33H41N3O3S/c1-20-30(39-2)16-15-27(34-20)26-14-13-25(18-29(26)37)32(35-33(38)22-7-4-3-5-8-22)24-10-6-9-23(17-24)31-19-28(36-40-31)21-11-12-21/h6,9-10,15-17,19,21-22,25-26,29,32,37H,3-5,7-8,11-14,18H2,1-2H3,(H,35,38). The Kier molecular flexibility index (Phi) is 8.22. The van der Waals surface area contributed by atoms with Gasteiger partial charge in [-0.25, -0.2) is 0 Å². The summed E-state index contributed by atoms with van der Waals surface area (Å²) in [5, 5.41) is 14.9. The van der Waals surface area contributed by atoms with Gasteiger partial charge in [0.05, 0.1) is 35.5 Å². The van der Waals surface area contributed by atoms with Crippen LogP contribution in [0.25, 0.3) is 10.4 Å². The number of carbonyl (C=O) groups is 1. The van der Waals surface area contributed by atoms with E-state index in [1.165, 1.54) is 29.8 Å². The molecule has 3 saturated carbocycles. The van der Waals surface area contributed by atoms with Crippen molar-refractivity contribution in [2.24, 2.45) is 11.8 Å². The fourth-order valence-corrected chi connectivity index (χ4v) is 7.62. The fourth-order valence-electron chi connectivity index (χ4n) is 6.81. The second-order valence-corrected chi connectivity index (χ2v) is 12.9. The van der Waals surface area contributed by atoms with Crippen molar-refractivity contribution in [1.82, 2.24) is 14.7 Å². The molecule has 4 unspecified atom stereocenters. The second-order valence-electron chi connectivity index (χ2n) is 12.1. The number of aliphatic hydroxyl groups excluding tert-OH is 1. The fraction of sp³-hybridized carbons (Fsp3) is 0.545. The molecule has 0 bridgehead atoms. The van der Waals surface area contributed by atoms with Crippen molar-refractivity contribution >= 4 is 17.4 Å². The van der Waals surface area contributed by atoms with Gasteiger partial charge in [-0.1, -0.05) is 37.5 Å². The minimum absolute atomic E-state index is 0.0140. The quantitative estimate of drug-likeness (QED) is 0.308. The maximum absolute atomic E-state index is 13.5. The van der Waals surface area contributed by atoms with Crippen LogP contribution in [-0.2, 0) is 4.79 Å². The van der Waals surface area contributed by atoms with E-state index in [0.29, 0.717) is 12.3 Å². The van der Waals surface area contributed by atoms with Gasteiger partial charge in [0.2, 0.25) is 5.91 Å². The molecule has 3 aliphatic carbocycles. The Bertz CT molecular complexity index is 1330. The second kappa shape index (κ2) is 12.0. The Hall–Kier alpha value is -2.77. The van der Waals surface area contributed by atoms with Crippen molar-refractivity contribution in [3.8, 4) is 16.2 Å². The van der Waals surface area contributed by atoms with Crippen molar-refractivity contribution in [2.45, 2.75) is 95.1 Å². The zero-order valence-corrected chi connectivity index (χ0v) is 24.5. The van der Waals surface area contributed by atoms with Crippen molar-refractivity contribution in [3.05, 3.63) is 65.1 Å². The Balaban J connectivity index is 1.24. The normalized spacial score (nSPS) is 24.4. The summed E-state index contributed by atoms with van der Waals surface area (Å²) in [6.07, 6.45) is 9.79. The van der Waals surface area contributed by atoms with Crippen molar-refractivity contribution < 1.29 is 14.6 Å². The number of rotatable bonds is 8. The van der Waals surface area contributed by atoms with Crippen LogP contribution >= 0.6 is 11.5 Å². The minimum atomic E-state index is -0.515. The number of methoxy groups -OCH3 is 1. The molecule has 40 heavy (non-hydrogen) atoms. The number of aromatic nitrogens is 2. The highest BCUT2D eigenvalue weighted by Crippen LogP contribution is 2.44. The van der Waals surface area contributed by atoms with Gasteiger partial charge in [0.1, 0.15) is 5.75 Å². The molecule has 2 heterocycles. The summed E-state index contributed by atoms with van der Waals surface area (Å²) in [6, 6.07) is 14.7. The largest absolute Gasteiger partial charge is 0.495 e. The highest BCUT2D eigenvalue weighted by atomic mass is 32.1. The van der Waals surface area contributed by atoms with Crippen LogP contribution in [0.5, 0.6) is 5.75 Å². The maximum atomic E-state index is 13.5. The topological polar surface area (TPSA) is 84.3 Å². The van der Waals surface area contributed by atoms with E-state index in [1.807, 2.05) is 19.1 Å². The first-order chi connectivity index (χ1) is 19.5. The van der Waals surface area contributed by atoms with Crippen LogP contribution in [0.2, 0.25) is 0 Å². The van der Waals surface area contributed by atoms with Crippen LogP contribution < -0.4 is 10.1 Å². The van der Waals surface area contributed by atoms with Crippen LogP contribution in [-0.4, -0.2) is 33.6 Å². The number of hydrogen-bond acceptors (Lipinski definition) is 6. The van der Waals surface area contributed by atoms with Gasteiger partial charge in [-0.05, 0) is 105 Å². The number of aliphatic hydroxyl groups is 1. The number of ether oxygens (including phenoxy) is 1. The number of carbonyl (C=O) groups excluding carboxylic acids is 1.